The molecule has 12 heteroatoms. The zero-order valence-electron chi connectivity index (χ0n) is 20.7. The Morgan fingerprint density at radius 2 is 1.82 bits per heavy atom. The minimum atomic E-state index is -4.45. The normalized spacial score (nSPS) is 12.2. The number of ether oxygens (including phenoxy) is 1. The lowest BCUT2D eigenvalue weighted by molar-refractivity contribution is -0.137. The second kappa shape index (κ2) is 10.7. The molecule has 0 fully saturated rings. The quantitative estimate of drug-likeness (QED) is 0.223. The highest BCUT2D eigenvalue weighted by Crippen LogP contribution is 2.36. The van der Waals surface area contributed by atoms with E-state index >= 15 is 0 Å². The Morgan fingerprint density at radius 3 is 2.51 bits per heavy atom. The van der Waals surface area contributed by atoms with Crippen LogP contribution in [0.25, 0.3) is 21.5 Å². The van der Waals surface area contributed by atoms with Crippen LogP contribution in [0.3, 0.4) is 0 Å². The molecule has 3 aromatic heterocycles. The van der Waals surface area contributed by atoms with Gasteiger partial charge in [-0.25, -0.2) is 9.97 Å². The lowest BCUT2D eigenvalue weighted by atomic mass is 10.1. The third-order valence-corrected chi connectivity index (χ3v) is 6.56. The first-order valence-electron chi connectivity index (χ1n) is 11.7. The number of carbonyl (C=O) groups is 1. The fourth-order valence-corrected chi connectivity index (χ4v) is 4.68. The molecule has 39 heavy (non-hydrogen) atoms. The van der Waals surface area contributed by atoms with E-state index in [1.54, 1.807) is 30.6 Å². The molecule has 0 unspecified atom stereocenters. The van der Waals surface area contributed by atoms with Gasteiger partial charge in [0.05, 0.1) is 22.0 Å². The average Bonchev–Trinajstić information content (AvgIpc) is 3.31. The largest absolute Gasteiger partial charge is 0.437 e. The summed E-state index contributed by atoms with van der Waals surface area (Å²) in [4.78, 5) is 29.1. The molecule has 3 heterocycles. The minimum Gasteiger partial charge on any atom is -0.437 e. The average molecular weight is 551 g/mol. The van der Waals surface area contributed by atoms with Gasteiger partial charge in [-0.1, -0.05) is 35.6 Å². The van der Waals surface area contributed by atoms with Gasteiger partial charge in [-0.2, -0.15) is 18.2 Å². The molecule has 2 aromatic carbocycles. The number of para-hydroxylation sites is 1. The number of aromatic nitrogens is 4. The third-order valence-electron chi connectivity index (χ3n) is 5.62. The van der Waals surface area contributed by atoms with Crippen molar-refractivity contribution in [1.82, 2.24) is 19.9 Å². The number of nitrogens with one attached hydrogen (secondary N) is 2. The second-order valence-corrected chi connectivity index (χ2v) is 9.58. The van der Waals surface area contributed by atoms with Gasteiger partial charge in [-0.05, 0) is 42.8 Å². The second-order valence-electron chi connectivity index (χ2n) is 8.55. The van der Waals surface area contributed by atoms with E-state index in [1.807, 2.05) is 25.1 Å². The van der Waals surface area contributed by atoms with Crippen LogP contribution in [-0.4, -0.2) is 25.8 Å². The summed E-state index contributed by atoms with van der Waals surface area (Å²) >= 11 is 1.30. The third kappa shape index (κ3) is 6.12. The lowest BCUT2D eigenvalue weighted by Crippen LogP contribution is -2.10. The van der Waals surface area contributed by atoms with Crippen molar-refractivity contribution in [2.75, 3.05) is 10.6 Å². The minimum absolute atomic E-state index is 0.155. The summed E-state index contributed by atoms with van der Waals surface area (Å²) in [6, 6.07) is 15.1. The van der Waals surface area contributed by atoms with E-state index in [0.717, 1.165) is 22.4 Å². The number of fused-ring (bicyclic) bond motifs is 1. The first-order chi connectivity index (χ1) is 18.7. The van der Waals surface area contributed by atoms with Crippen LogP contribution < -0.4 is 15.4 Å². The van der Waals surface area contributed by atoms with Crippen molar-refractivity contribution in [3.63, 3.8) is 0 Å². The summed E-state index contributed by atoms with van der Waals surface area (Å²) in [7, 11) is 0. The number of thiazole rings is 1. The van der Waals surface area contributed by atoms with E-state index in [0.29, 0.717) is 27.7 Å². The highest BCUT2D eigenvalue weighted by Gasteiger charge is 2.30. The van der Waals surface area contributed by atoms with Gasteiger partial charge in [0.25, 0.3) is 0 Å². The maximum absolute atomic E-state index is 13.1. The van der Waals surface area contributed by atoms with E-state index < -0.39 is 11.7 Å². The fourth-order valence-electron chi connectivity index (χ4n) is 3.75. The number of halogens is 3. The maximum atomic E-state index is 13.1. The first kappa shape index (κ1) is 26.0. The summed E-state index contributed by atoms with van der Waals surface area (Å²) in [5.74, 6) is 0.515. The molecule has 1 amide bonds. The molecule has 2 N–H and O–H groups in total. The van der Waals surface area contributed by atoms with Crippen LogP contribution in [0.2, 0.25) is 0 Å². The number of alkyl halides is 3. The Balaban J connectivity index is 1.52. The molecule has 0 saturated heterocycles. The van der Waals surface area contributed by atoms with Gasteiger partial charge < -0.3 is 15.4 Å². The Morgan fingerprint density at radius 1 is 1.03 bits per heavy atom. The first-order valence-corrected chi connectivity index (χ1v) is 12.6. The Labute approximate surface area is 224 Å². The van der Waals surface area contributed by atoms with Crippen LogP contribution in [0.4, 0.5) is 24.3 Å². The monoisotopic (exact) mass is 550 g/mol. The Bertz CT molecular complexity index is 1620. The van der Waals surface area contributed by atoms with Crippen LogP contribution in [0.15, 0.2) is 73.1 Å². The number of benzene rings is 2. The zero-order valence-corrected chi connectivity index (χ0v) is 21.5. The van der Waals surface area contributed by atoms with E-state index in [-0.39, 0.29) is 23.8 Å². The molecule has 0 aliphatic heterocycles. The van der Waals surface area contributed by atoms with Crippen LogP contribution in [-0.2, 0) is 11.0 Å². The van der Waals surface area contributed by atoms with E-state index in [2.05, 4.69) is 30.6 Å². The van der Waals surface area contributed by atoms with Gasteiger partial charge >= 0.3 is 6.18 Å². The van der Waals surface area contributed by atoms with E-state index in [4.69, 9.17) is 4.74 Å². The van der Waals surface area contributed by atoms with Gasteiger partial charge in [-0.3, -0.25) is 9.78 Å². The summed E-state index contributed by atoms with van der Waals surface area (Å²) in [5, 5.41) is 6.30. The summed E-state index contributed by atoms with van der Waals surface area (Å²) in [6.07, 6.45) is -1.07. The van der Waals surface area contributed by atoms with Crippen LogP contribution >= 0.6 is 11.3 Å². The van der Waals surface area contributed by atoms with Gasteiger partial charge in [0.15, 0.2) is 10.9 Å². The number of amides is 1. The standard InChI is InChI=1S/C27H21F3N6O2S/c1-15(18-5-4-12-31-14-18)32-25-34-20(17-8-10-19(11-9-17)27(28,29)30)13-23(35-25)38-21-6-3-7-22-24(21)36-26(39-22)33-16(2)37/h3-15H,1-2H3,(H,32,34,35)(H,33,36,37)/t15-/m1/s1. The SMILES string of the molecule is CC(=O)Nc1nc2c(Oc3cc(-c4ccc(C(F)(F)F)cc4)nc(N[C@H](C)c4cccnc4)n3)cccc2s1. The number of hydrogen-bond donors (Lipinski definition) is 2. The lowest BCUT2D eigenvalue weighted by Gasteiger charge is -2.16. The van der Waals surface area contributed by atoms with Crippen molar-refractivity contribution < 1.29 is 22.7 Å². The molecule has 0 radical (unpaired) electrons. The van der Waals surface area contributed by atoms with E-state index in [1.165, 1.54) is 30.4 Å². The number of pyridine rings is 1. The number of anilines is 2. The molecule has 5 aromatic rings. The predicted molar refractivity (Wildman–Crippen MR) is 143 cm³/mol. The summed E-state index contributed by atoms with van der Waals surface area (Å²) in [6.45, 7) is 3.30. The van der Waals surface area contributed by atoms with Crippen molar-refractivity contribution in [1.29, 1.82) is 0 Å². The van der Waals surface area contributed by atoms with Gasteiger partial charge in [0.2, 0.25) is 17.7 Å². The molecule has 8 nitrogen and oxygen atoms in total. The number of carbonyl (C=O) groups excluding carboxylic acids is 1. The highest BCUT2D eigenvalue weighted by molar-refractivity contribution is 7.22. The molecule has 1 atom stereocenters. The fraction of sp³-hybridized carbons (Fsp3) is 0.148. The van der Waals surface area contributed by atoms with Crippen LogP contribution in [0.5, 0.6) is 11.6 Å². The zero-order chi connectivity index (χ0) is 27.6. The van der Waals surface area contributed by atoms with Crippen molar-refractivity contribution >= 4 is 38.5 Å². The van der Waals surface area contributed by atoms with Crippen molar-refractivity contribution in [3.05, 3.63) is 84.2 Å². The van der Waals surface area contributed by atoms with Crippen molar-refractivity contribution in [2.24, 2.45) is 0 Å². The topological polar surface area (TPSA) is 102 Å². The molecule has 0 spiro atoms. The molecule has 0 aliphatic rings. The number of rotatable bonds is 7. The van der Waals surface area contributed by atoms with Gasteiger partial charge in [0.1, 0.15) is 5.52 Å². The van der Waals surface area contributed by atoms with Crippen LogP contribution in [0, 0.1) is 0 Å². The molecule has 5 rings (SSSR count). The molecule has 0 bridgehead atoms. The Kier molecular flexibility index (Phi) is 7.11. The number of nitrogens with zero attached hydrogens (tertiary/aromatic N) is 4. The van der Waals surface area contributed by atoms with Gasteiger partial charge in [0, 0.05) is 30.9 Å². The Hall–Kier alpha value is -4.58. The van der Waals surface area contributed by atoms with Crippen molar-refractivity contribution in [3.8, 4) is 22.9 Å². The smallest absolute Gasteiger partial charge is 0.416 e. The van der Waals surface area contributed by atoms with Gasteiger partial charge in [-0.15, -0.1) is 0 Å². The molecule has 0 aliphatic carbocycles. The van der Waals surface area contributed by atoms with Crippen molar-refractivity contribution in [2.45, 2.75) is 26.1 Å². The summed E-state index contributed by atoms with van der Waals surface area (Å²) < 4.78 is 46.2. The summed E-state index contributed by atoms with van der Waals surface area (Å²) in [5.41, 5.74) is 1.47. The molecular formula is C27H21F3N6O2S. The predicted octanol–water partition coefficient (Wildman–Crippen LogP) is 7.09. The maximum Gasteiger partial charge on any atom is 0.416 e. The van der Waals surface area contributed by atoms with Crippen LogP contribution in [0.1, 0.15) is 31.0 Å². The molecular weight excluding hydrogens is 529 g/mol. The molecule has 0 saturated carbocycles. The van der Waals surface area contributed by atoms with E-state index in [9.17, 15) is 18.0 Å². The molecule has 198 valence electrons. The number of hydrogen-bond acceptors (Lipinski definition) is 8. The highest BCUT2D eigenvalue weighted by atomic mass is 32.1.